The molecule has 0 amide bonds. The number of aromatic nitrogens is 1. The number of para-hydroxylation sites is 1. The van der Waals surface area contributed by atoms with Crippen LogP contribution in [0.3, 0.4) is 0 Å². The van der Waals surface area contributed by atoms with Crippen molar-refractivity contribution in [2.24, 2.45) is 0 Å². The fraction of sp³-hybridized carbons (Fsp3) is 0. The molecular weight excluding hydrogens is 258 g/mol. The Morgan fingerprint density at radius 2 is 1.37 bits per heavy atom. The lowest BCUT2D eigenvalue weighted by molar-refractivity contribution is 0.467. The van der Waals surface area contributed by atoms with E-state index in [1.807, 2.05) is 60.0 Å². The van der Waals surface area contributed by atoms with Crippen molar-refractivity contribution >= 4 is 11.3 Å². The van der Waals surface area contributed by atoms with Crippen LogP contribution in [-0.2, 0) is 0 Å². The fourth-order valence-electron chi connectivity index (χ4n) is 1.56. The summed E-state index contributed by atoms with van der Waals surface area (Å²) in [6.07, 6.45) is 1.72. The Morgan fingerprint density at radius 3 is 2.00 bits per heavy atom. The van der Waals surface area contributed by atoms with E-state index in [0.29, 0.717) is 5.19 Å². The molecule has 0 radical (unpaired) electrons. The first kappa shape index (κ1) is 11.7. The van der Waals surface area contributed by atoms with Gasteiger partial charge < -0.3 is 9.47 Å². The van der Waals surface area contributed by atoms with Crippen LogP contribution in [0.25, 0.3) is 0 Å². The molecule has 1 heterocycles. The van der Waals surface area contributed by atoms with E-state index in [-0.39, 0.29) is 0 Å². The van der Waals surface area contributed by atoms with Crippen LogP contribution >= 0.6 is 11.3 Å². The molecule has 0 N–H and O–H groups in total. The van der Waals surface area contributed by atoms with Gasteiger partial charge in [0.2, 0.25) is 0 Å². The fourth-order valence-corrected chi connectivity index (χ4v) is 2.07. The first-order valence-electron chi connectivity index (χ1n) is 5.80. The zero-order valence-electron chi connectivity index (χ0n) is 10.0. The highest BCUT2D eigenvalue weighted by atomic mass is 32.1. The largest absolute Gasteiger partial charge is 0.457 e. The summed E-state index contributed by atoms with van der Waals surface area (Å²) in [5.74, 6) is 2.34. The molecule has 0 aliphatic heterocycles. The number of thiazole rings is 1. The van der Waals surface area contributed by atoms with Gasteiger partial charge in [0.1, 0.15) is 17.2 Å². The molecule has 1 aromatic heterocycles. The van der Waals surface area contributed by atoms with E-state index in [2.05, 4.69) is 4.98 Å². The summed E-state index contributed by atoms with van der Waals surface area (Å²) in [4.78, 5) is 4.07. The molecule has 0 fully saturated rings. The van der Waals surface area contributed by atoms with E-state index in [1.165, 1.54) is 11.3 Å². The van der Waals surface area contributed by atoms with Crippen LogP contribution in [0.5, 0.6) is 22.4 Å². The van der Waals surface area contributed by atoms with E-state index in [1.54, 1.807) is 6.20 Å². The van der Waals surface area contributed by atoms with Gasteiger partial charge in [-0.25, -0.2) is 4.98 Å². The molecule has 4 heteroatoms. The third-order valence-corrected chi connectivity index (χ3v) is 3.07. The Hall–Kier alpha value is -2.33. The maximum Gasteiger partial charge on any atom is 0.278 e. The second-order valence-corrected chi connectivity index (χ2v) is 4.64. The normalized spacial score (nSPS) is 10.1. The zero-order chi connectivity index (χ0) is 12.9. The van der Waals surface area contributed by atoms with Crippen LogP contribution in [0, 0.1) is 0 Å². The lowest BCUT2D eigenvalue weighted by Gasteiger charge is -2.06. The SMILES string of the molecule is c1ccc(Oc2ccc(Oc3nccs3)cc2)cc1. The van der Waals surface area contributed by atoms with Crippen LogP contribution in [0.2, 0.25) is 0 Å². The first-order chi connectivity index (χ1) is 9.40. The van der Waals surface area contributed by atoms with E-state index < -0.39 is 0 Å². The standard InChI is InChI=1S/C15H11NO2S/c1-2-4-12(5-3-1)17-13-6-8-14(9-7-13)18-15-16-10-11-19-15/h1-11H. The Bertz CT molecular complexity index is 621. The number of hydrogen-bond acceptors (Lipinski definition) is 4. The van der Waals surface area contributed by atoms with Gasteiger partial charge in [-0.05, 0) is 36.4 Å². The summed E-state index contributed by atoms with van der Waals surface area (Å²) >= 11 is 1.46. The number of rotatable bonds is 4. The maximum atomic E-state index is 5.70. The second-order valence-electron chi connectivity index (χ2n) is 3.79. The minimum atomic E-state index is 0.636. The molecule has 94 valence electrons. The predicted molar refractivity (Wildman–Crippen MR) is 75.1 cm³/mol. The molecule has 0 aliphatic carbocycles. The Morgan fingerprint density at radius 1 is 0.737 bits per heavy atom. The molecule has 0 saturated carbocycles. The van der Waals surface area contributed by atoms with Gasteiger partial charge in [-0.15, -0.1) is 0 Å². The van der Waals surface area contributed by atoms with Crippen molar-refractivity contribution in [3.8, 4) is 22.4 Å². The molecule has 3 rings (SSSR count). The van der Waals surface area contributed by atoms with Crippen molar-refractivity contribution in [2.75, 3.05) is 0 Å². The van der Waals surface area contributed by atoms with E-state index in [9.17, 15) is 0 Å². The smallest absolute Gasteiger partial charge is 0.278 e. The van der Waals surface area contributed by atoms with Gasteiger partial charge in [-0.3, -0.25) is 0 Å². The summed E-state index contributed by atoms with van der Waals surface area (Å²) in [5, 5.41) is 2.51. The van der Waals surface area contributed by atoms with Gasteiger partial charge in [-0.1, -0.05) is 29.5 Å². The molecule has 0 saturated heterocycles. The van der Waals surface area contributed by atoms with Crippen LogP contribution in [0.15, 0.2) is 66.2 Å². The lowest BCUT2D eigenvalue weighted by atomic mass is 10.3. The topological polar surface area (TPSA) is 31.4 Å². The van der Waals surface area contributed by atoms with Crippen molar-refractivity contribution in [3.05, 3.63) is 66.2 Å². The van der Waals surface area contributed by atoms with E-state index in [0.717, 1.165) is 17.2 Å². The maximum absolute atomic E-state index is 5.70. The zero-order valence-corrected chi connectivity index (χ0v) is 10.8. The molecule has 0 aliphatic rings. The number of ether oxygens (including phenoxy) is 2. The van der Waals surface area contributed by atoms with Crippen molar-refractivity contribution < 1.29 is 9.47 Å². The average molecular weight is 269 g/mol. The molecule has 3 nitrogen and oxygen atoms in total. The van der Waals surface area contributed by atoms with Crippen molar-refractivity contribution in [1.82, 2.24) is 4.98 Å². The molecule has 0 atom stereocenters. The van der Waals surface area contributed by atoms with Crippen molar-refractivity contribution in [3.63, 3.8) is 0 Å². The van der Waals surface area contributed by atoms with Crippen molar-refractivity contribution in [1.29, 1.82) is 0 Å². The Labute approximate surface area is 115 Å². The molecule has 19 heavy (non-hydrogen) atoms. The number of hydrogen-bond donors (Lipinski definition) is 0. The summed E-state index contributed by atoms with van der Waals surface area (Å²) in [5.41, 5.74) is 0. The van der Waals surface area contributed by atoms with Crippen LogP contribution in [-0.4, -0.2) is 4.98 Å². The molecule has 0 unspecified atom stereocenters. The molecular formula is C15H11NO2S. The summed E-state index contributed by atoms with van der Waals surface area (Å²) in [6, 6.07) is 17.1. The molecule has 3 aromatic rings. The van der Waals surface area contributed by atoms with Crippen molar-refractivity contribution in [2.45, 2.75) is 0 Å². The first-order valence-corrected chi connectivity index (χ1v) is 6.68. The van der Waals surface area contributed by atoms with E-state index in [4.69, 9.17) is 9.47 Å². The highest BCUT2D eigenvalue weighted by molar-refractivity contribution is 7.11. The van der Waals surface area contributed by atoms with Crippen LogP contribution < -0.4 is 9.47 Å². The monoisotopic (exact) mass is 269 g/mol. The average Bonchev–Trinajstić information content (AvgIpc) is 2.95. The lowest BCUT2D eigenvalue weighted by Crippen LogP contribution is -1.85. The molecule has 2 aromatic carbocycles. The summed E-state index contributed by atoms with van der Waals surface area (Å²) in [6.45, 7) is 0. The molecule has 0 bridgehead atoms. The van der Waals surface area contributed by atoms with Gasteiger partial charge in [0.25, 0.3) is 5.19 Å². The minimum absolute atomic E-state index is 0.636. The Balaban J connectivity index is 1.69. The highest BCUT2D eigenvalue weighted by Gasteiger charge is 2.01. The predicted octanol–water partition coefficient (Wildman–Crippen LogP) is 4.73. The highest BCUT2D eigenvalue weighted by Crippen LogP contribution is 2.27. The Kier molecular flexibility index (Phi) is 3.42. The minimum Gasteiger partial charge on any atom is -0.457 e. The summed E-state index contributed by atoms with van der Waals surface area (Å²) in [7, 11) is 0. The number of nitrogens with zero attached hydrogens (tertiary/aromatic N) is 1. The van der Waals surface area contributed by atoms with Gasteiger partial charge in [0.05, 0.1) is 0 Å². The van der Waals surface area contributed by atoms with Gasteiger partial charge >= 0.3 is 0 Å². The summed E-state index contributed by atoms with van der Waals surface area (Å²) < 4.78 is 11.3. The molecule has 0 spiro atoms. The van der Waals surface area contributed by atoms with E-state index >= 15 is 0 Å². The van der Waals surface area contributed by atoms with Gasteiger partial charge in [0.15, 0.2) is 0 Å². The quantitative estimate of drug-likeness (QED) is 0.686. The second kappa shape index (κ2) is 5.54. The number of benzene rings is 2. The van der Waals surface area contributed by atoms with Gasteiger partial charge in [0, 0.05) is 11.6 Å². The van der Waals surface area contributed by atoms with Crippen LogP contribution in [0.1, 0.15) is 0 Å². The third-order valence-electron chi connectivity index (χ3n) is 2.42. The third kappa shape index (κ3) is 3.11. The van der Waals surface area contributed by atoms with Crippen LogP contribution in [0.4, 0.5) is 0 Å². The van der Waals surface area contributed by atoms with Gasteiger partial charge in [-0.2, -0.15) is 0 Å².